The van der Waals surface area contributed by atoms with Crippen molar-refractivity contribution in [3.8, 4) is 11.5 Å². The van der Waals surface area contributed by atoms with Gasteiger partial charge < -0.3 is 19.9 Å². The van der Waals surface area contributed by atoms with Crippen molar-refractivity contribution in [2.24, 2.45) is 0 Å². The summed E-state index contributed by atoms with van der Waals surface area (Å²) in [6, 6.07) is 8.37. The van der Waals surface area contributed by atoms with Crippen LogP contribution in [0.2, 0.25) is 0 Å². The second kappa shape index (κ2) is 5.14. The lowest BCUT2D eigenvalue weighted by Gasteiger charge is -2.19. The Bertz CT molecular complexity index is 488. The first-order valence-electron chi connectivity index (χ1n) is 5.88. The molecule has 0 spiro atoms. The third-order valence-electron chi connectivity index (χ3n) is 2.89. The van der Waals surface area contributed by atoms with E-state index in [1.54, 1.807) is 18.4 Å². The van der Waals surface area contributed by atoms with Crippen molar-refractivity contribution < 1.29 is 14.6 Å². The van der Waals surface area contributed by atoms with Crippen LogP contribution in [0.25, 0.3) is 0 Å². The monoisotopic (exact) mass is 247 g/mol. The Balaban J connectivity index is 2.09. The van der Waals surface area contributed by atoms with Crippen LogP contribution < -0.4 is 5.32 Å². The van der Waals surface area contributed by atoms with Crippen molar-refractivity contribution in [3.05, 3.63) is 47.9 Å². The van der Waals surface area contributed by atoms with Crippen molar-refractivity contribution in [2.75, 3.05) is 0 Å². The van der Waals surface area contributed by atoms with Crippen LogP contribution in [0.15, 0.2) is 41.0 Å². The number of benzene rings is 1. The van der Waals surface area contributed by atoms with Gasteiger partial charge in [0, 0.05) is 12.1 Å². The summed E-state index contributed by atoms with van der Waals surface area (Å²) < 4.78 is 5.32. The minimum absolute atomic E-state index is 0.0110. The molecule has 0 saturated heterocycles. The van der Waals surface area contributed by atoms with Crippen molar-refractivity contribution in [1.82, 2.24) is 5.32 Å². The number of furan rings is 1. The van der Waals surface area contributed by atoms with E-state index >= 15 is 0 Å². The molecule has 1 aromatic carbocycles. The zero-order valence-corrected chi connectivity index (χ0v) is 10.4. The normalized spacial score (nSPS) is 14.3. The van der Waals surface area contributed by atoms with Crippen molar-refractivity contribution in [3.63, 3.8) is 0 Å². The predicted molar refractivity (Wildman–Crippen MR) is 68.4 cm³/mol. The molecule has 1 heterocycles. The Morgan fingerprint density at radius 1 is 1.06 bits per heavy atom. The molecule has 0 aliphatic heterocycles. The molecule has 1 unspecified atom stereocenters. The summed E-state index contributed by atoms with van der Waals surface area (Å²) in [5.41, 5.74) is 0.825. The smallest absolute Gasteiger partial charge is 0.120 e. The zero-order valence-electron chi connectivity index (χ0n) is 10.4. The van der Waals surface area contributed by atoms with Gasteiger partial charge >= 0.3 is 0 Å². The Hall–Kier alpha value is -1.94. The van der Waals surface area contributed by atoms with Crippen LogP contribution in [-0.2, 0) is 0 Å². The largest absolute Gasteiger partial charge is 0.508 e. The standard InChI is InChI=1S/C14H17NO3/c1-9(11-6-12(16)8-13(17)7-11)15-10(2)14-4-3-5-18-14/h3-10,15-17H,1-2H3/t9?,10-/m1/s1. The molecule has 0 amide bonds. The first kappa shape index (κ1) is 12.5. The van der Waals surface area contributed by atoms with E-state index in [2.05, 4.69) is 5.32 Å². The highest BCUT2D eigenvalue weighted by atomic mass is 16.3. The average molecular weight is 247 g/mol. The molecule has 96 valence electrons. The number of rotatable bonds is 4. The summed E-state index contributed by atoms with van der Waals surface area (Å²) >= 11 is 0. The SMILES string of the molecule is CC(N[C@H](C)c1ccco1)c1cc(O)cc(O)c1. The minimum atomic E-state index is -0.0110. The number of nitrogens with one attached hydrogen (secondary N) is 1. The molecule has 2 atom stereocenters. The molecule has 0 bridgehead atoms. The summed E-state index contributed by atoms with van der Waals surface area (Å²) in [6.45, 7) is 3.96. The summed E-state index contributed by atoms with van der Waals surface area (Å²) in [4.78, 5) is 0. The van der Waals surface area contributed by atoms with Crippen molar-refractivity contribution in [2.45, 2.75) is 25.9 Å². The molecule has 2 rings (SSSR count). The number of phenols is 2. The van der Waals surface area contributed by atoms with E-state index in [0.717, 1.165) is 11.3 Å². The molecule has 18 heavy (non-hydrogen) atoms. The van der Waals surface area contributed by atoms with E-state index in [0.29, 0.717) is 0 Å². The maximum absolute atomic E-state index is 9.45. The van der Waals surface area contributed by atoms with Gasteiger partial charge in [-0.1, -0.05) is 0 Å². The van der Waals surface area contributed by atoms with Crippen LogP contribution in [0.5, 0.6) is 11.5 Å². The third kappa shape index (κ3) is 2.84. The highest BCUT2D eigenvalue weighted by Crippen LogP contribution is 2.26. The Kier molecular flexibility index (Phi) is 3.58. The van der Waals surface area contributed by atoms with Crippen LogP contribution in [0, 0.1) is 0 Å². The third-order valence-corrected chi connectivity index (χ3v) is 2.89. The second-order valence-corrected chi connectivity index (χ2v) is 4.41. The van der Waals surface area contributed by atoms with E-state index in [1.165, 1.54) is 6.07 Å². The number of hydrogen-bond donors (Lipinski definition) is 3. The number of hydrogen-bond acceptors (Lipinski definition) is 4. The van der Waals surface area contributed by atoms with Crippen molar-refractivity contribution in [1.29, 1.82) is 0 Å². The summed E-state index contributed by atoms with van der Waals surface area (Å²) in [7, 11) is 0. The number of phenolic OH excluding ortho intramolecular Hbond substituents is 2. The van der Waals surface area contributed by atoms with Gasteiger partial charge in [-0.05, 0) is 43.7 Å². The van der Waals surface area contributed by atoms with Gasteiger partial charge in [0.2, 0.25) is 0 Å². The Labute approximate surface area is 106 Å². The molecular formula is C14H17NO3. The molecule has 4 heteroatoms. The van der Waals surface area contributed by atoms with Crippen LogP contribution in [0.1, 0.15) is 37.3 Å². The number of aromatic hydroxyl groups is 2. The fourth-order valence-corrected chi connectivity index (χ4v) is 1.96. The van der Waals surface area contributed by atoms with Gasteiger partial charge in [-0.3, -0.25) is 0 Å². The fraction of sp³-hybridized carbons (Fsp3) is 0.286. The second-order valence-electron chi connectivity index (χ2n) is 4.41. The van der Waals surface area contributed by atoms with Crippen LogP contribution in [-0.4, -0.2) is 10.2 Å². The summed E-state index contributed by atoms with van der Waals surface area (Å²) in [5, 5.41) is 22.2. The van der Waals surface area contributed by atoms with Gasteiger partial charge in [-0.25, -0.2) is 0 Å². The lowest BCUT2D eigenvalue weighted by atomic mass is 10.1. The van der Waals surface area contributed by atoms with Gasteiger partial charge in [0.25, 0.3) is 0 Å². The quantitative estimate of drug-likeness (QED) is 0.776. The topological polar surface area (TPSA) is 65.6 Å². The van der Waals surface area contributed by atoms with Crippen molar-refractivity contribution >= 4 is 0 Å². The van der Waals surface area contributed by atoms with E-state index in [-0.39, 0.29) is 23.6 Å². The van der Waals surface area contributed by atoms with Crippen LogP contribution in [0.4, 0.5) is 0 Å². The fourth-order valence-electron chi connectivity index (χ4n) is 1.96. The van der Waals surface area contributed by atoms with Gasteiger partial charge in [-0.15, -0.1) is 0 Å². The molecule has 0 aliphatic rings. The molecule has 0 saturated carbocycles. The molecule has 3 N–H and O–H groups in total. The molecular weight excluding hydrogens is 230 g/mol. The Morgan fingerprint density at radius 2 is 1.72 bits per heavy atom. The minimum Gasteiger partial charge on any atom is -0.508 e. The Morgan fingerprint density at radius 3 is 2.28 bits per heavy atom. The first-order chi connectivity index (χ1) is 8.56. The first-order valence-corrected chi connectivity index (χ1v) is 5.88. The highest BCUT2D eigenvalue weighted by molar-refractivity contribution is 5.38. The van der Waals surface area contributed by atoms with E-state index in [1.807, 2.05) is 26.0 Å². The predicted octanol–water partition coefficient (Wildman–Crippen LogP) is 3.10. The summed E-state index contributed by atoms with van der Waals surface area (Å²) in [6.07, 6.45) is 1.64. The molecule has 0 aliphatic carbocycles. The highest BCUT2D eigenvalue weighted by Gasteiger charge is 2.14. The lowest BCUT2D eigenvalue weighted by Crippen LogP contribution is -2.22. The summed E-state index contributed by atoms with van der Waals surface area (Å²) in [5.74, 6) is 0.972. The average Bonchev–Trinajstić information content (AvgIpc) is 2.80. The molecule has 4 nitrogen and oxygen atoms in total. The molecule has 2 aromatic rings. The lowest BCUT2D eigenvalue weighted by molar-refractivity contribution is 0.400. The van der Waals surface area contributed by atoms with E-state index in [4.69, 9.17) is 4.42 Å². The maximum atomic E-state index is 9.45. The zero-order chi connectivity index (χ0) is 13.1. The molecule has 0 radical (unpaired) electrons. The van der Waals surface area contributed by atoms with Gasteiger partial charge in [0.05, 0.1) is 12.3 Å². The molecule has 0 fully saturated rings. The van der Waals surface area contributed by atoms with E-state index < -0.39 is 0 Å². The molecule has 1 aromatic heterocycles. The van der Waals surface area contributed by atoms with Gasteiger partial charge in [-0.2, -0.15) is 0 Å². The van der Waals surface area contributed by atoms with Crippen LogP contribution in [0.3, 0.4) is 0 Å². The van der Waals surface area contributed by atoms with Crippen LogP contribution >= 0.6 is 0 Å². The van der Waals surface area contributed by atoms with Gasteiger partial charge in [0.1, 0.15) is 17.3 Å². The van der Waals surface area contributed by atoms with E-state index in [9.17, 15) is 10.2 Å². The van der Waals surface area contributed by atoms with Gasteiger partial charge in [0.15, 0.2) is 0 Å². The maximum Gasteiger partial charge on any atom is 0.120 e.